The van der Waals surface area contributed by atoms with Crippen molar-refractivity contribution in [1.29, 1.82) is 0 Å². The van der Waals surface area contributed by atoms with E-state index in [1.165, 1.54) is 32.4 Å². The lowest BCUT2D eigenvalue weighted by molar-refractivity contribution is -0.146. The third kappa shape index (κ3) is 10.1. The van der Waals surface area contributed by atoms with E-state index in [0.29, 0.717) is 42.2 Å². The van der Waals surface area contributed by atoms with Crippen molar-refractivity contribution in [2.45, 2.75) is 38.2 Å². The molecule has 1 saturated carbocycles. The highest BCUT2D eigenvalue weighted by atomic mass is 16.7. The van der Waals surface area contributed by atoms with Crippen LogP contribution in [-0.2, 0) is 28.5 Å². The van der Waals surface area contributed by atoms with Gasteiger partial charge in [-0.15, -0.1) is 0 Å². The number of hydrogen-bond acceptors (Lipinski definition) is 12. The van der Waals surface area contributed by atoms with E-state index in [1.54, 1.807) is 18.2 Å². The Labute approximate surface area is 255 Å². The predicted octanol–water partition coefficient (Wildman–Crippen LogP) is 4.80. The maximum absolute atomic E-state index is 12.7. The molecule has 44 heavy (non-hydrogen) atoms. The molecule has 0 unspecified atom stereocenters. The van der Waals surface area contributed by atoms with Crippen LogP contribution in [0.4, 0.5) is 0 Å². The van der Waals surface area contributed by atoms with Crippen molar-refractivity contribution in [3.05, 3.63) is 72.8 Å². The smallest absolute Gasteiger partial charge is 0.338 e. The highest BCUT2D eigenvalue weighted by molar-refractivity contribution is 5.91. The zero-order valence-corrected chi connectivity index (χ0v) is 24.7. The molecular formula is C32H36O12. The number of benzene rings is 2. The van der Waals surface area contributed by atoms with Crippen LogP contribution in [0.15, 0.2) is 61.7 Å². The van der Waals surface area contributed by atoms with Crippen molar-refractivity contribution in [2.75, 3.05) is 34.4 Å². The molecule has 1 aliphatic carbocycles. The van der Waals surface area contributed by atoms with E-state index < -0.39 is 37.5 Å². The summed E-state index contributed by atoms with van der Waals surface area (Å²) in [6.45, 7) is 5.89. The van der Waals surface area contributed by atoms with E-state index in [2.05, 4.69) is 13.2 Å². The average Bonchev–Trinajstić information content (AvgIpc) is 3.05. The monoisotopic (exact) mass is 612 g/mol. The molecule has 0 aromatic heterocycles. The summed E-state index contributed by atoms with van der Waals surface area (Å²) in [7, 11) is 3.03. The molecule has 0 atom stereocenters. The van der Waals surface area contributed by atoms with Crippen molar-refractivity contribution < 1.29 is 57.1 Å². The lowest BCUT2D eigenvalue weighted by Crippen LogP contribution is -2.25. The fourth-order valence-electron chi connectivity index (χ4n) is 4.41. The first-order valence-electron chi connectivity index (χ1n) is 13.9. The van der Waals surface area contributed by atoms with E-state index in [0.717, 1.165) is 25.0 Å². The van der Waals surface area contributed by atoms with Gasteiger partial charge in [-0.05, 0) is 74.4 Å². The fourth-order valence-corrected chi connectivity index (χ4v) is 4.41. The third-order valence-corrected chi connectivity index (χ3v) is 6.79. The van der Waals surface area contributed by atoms with Gasteiger partial charge in [-0.1, -0.05) is 13.2 Å². The normalized spacial score (nSPS) is 15.6. The van der Waals surface area contributed by atoms with E-state index >= 15 is 0 Å². The molecule has 0 aliphatic heterocycles. The highest BCUT2D eigenvalue weighted by Crippen LogP contribution is 2.32. The number of carbonyl (C=O) groups excluding carboxylic acids is 4. The molecule has 0 amide bonds. The van der Waals surface area contributed by atoms with Gasteiger partial charge in [-0.3, -0.25) is 0 Å². The Morgan fingerprint density at radius 3 is 1.84 bits per heavy atom. The third-order valence-electron chi connectivity index (χ3n) is 6.79. The molecule has 0 spiro atoms. The second-order valence-corrected chi connectivity index (χ2v) is 9.56. The molecule has 12 heteroatoms. The van der Waals surface area contributed by atoms with Gasteiger partial charge in [0.15, 0.2) is 23.0 Å². The summed E-state index contributed by atoms with van der Waals surface area (Å²) < 4.78 is 42.1. The molecular weight excluding hydrogens is 576 g/mol. The minimum atomic E-state index is -0.701. The molecule has 12 nitrogen and oxygen atoms in total. The van der Waals surface area contributed by atoms with Crippen molar-refractivity contribution in [1.82, 2.24) is 0 Å². The van der Waals surface area contributed by atoms with E-state index in [-0.39, 0.29) is 29.8 Å². The number of methoxy groups -OCH3 is 2. The summed E-state index contributed by atoms with van der Waals surface area (Å²) in [4.78, 5) is 48.0. The Morgan fingerprint density at radius 1 is 0.705 bits per heavy atom. The van der Waals surface area contributed by atoms with Crippen LogP contribution in [0, 0.1) is 5.92 Å². The molecule has 1 aliphatic rings. The van der Waals surface area contributed by atoms with Gasteiger partial charge in [0.2, 0.25) is 13.6 Å². The lowest BCUT2D eigenvalue weighted by atomic mass is 9.85. The Hall–Kier alpha value is -5.00. The van der Waals surface area contributed by atoms with Crippen LogP contribution in [0.3, 0.4) is 0 Å². The molecule has 2 aromatic rings. The highest BCUT2D eigenvalue weighted by Gasteiger charge is 2.25. The summed E-state index contributed by atoms with van der Waals surface area (Å²) in [6.07, 6.45) is 5.48. The van der Waals surface area contributed by atoms with Crippen molar-refractivity contribution >= 4 is 23.9 Å². The van der Waals surface area contributed by atoms with Crippen LogP contribution < -0.4 is 18.9 Å². The minimum Gasteiger partial charge on any atom is -0.493 e. The lowest BCUT2D eigenvalue weighted by Gasteiger charge is -2.28. The van der Waals surface area contributed by atoms with E-state index in [9.17, 15) is 19.2 Å². The Bertz CT molecular complexity index is 1330. The van der Waals surface area contributed by atoms with Gasteiger partial charge in [0, 0.05) is 12.2 Å². The maximum atomic E-state index is 12.7. The van der Waals surface area contributed by atoms with Gasteiger partial charge in [-0.2, -0.15) is 0 Å². The zero-order chi connectivity index (χ0) is 31.9. The summed E-state index contributed by atoms with van der Waals surface area (Å²) in [6, 6.07) is 9.16. The van der Waals surface area contributed by atoms with Crippen LogP contribution in [0.25, 0.3) is 0 Å². The van der Waals surface area contributed by atoms with E-state index in [4.69, 9.17) is 37.9 Å². The molecule has 0 N–H and O–H groups in total. The van der Waals surface area contributed by atoms with Gasteiger partial charge in [-0.25, -0.2) is 19.2 Å². The van der Waals surface area contributed by atoms with Crippen LogP contribution >= 0.6 is 0 Å². The van der Waals surface area contributed by atoms with Crippen molar-refractivity contribution in [3.8, 4) is 23.0 Å². The second-order valence-electron chi connectivity index (χ2n) is 9.56. The standard InChI is InChI=1S/C32H36O12/c1-5-29(33)42-19-40-26-14-10-22(18-28(26)41-20-43-30(34)6-2)31(35)39-16-15-21-7-11-24(12-8-21)44-32(36)23-9-13-25(37-3)27(17-23)38-4/h5-6,9-10,13-14,17-18,21,24H,1-2,7-8,11-12,15-16,19-20H2,3-4H3. The first-order valence-corrected chi connectivity index (χ1v) is 13.9. The summed E-state index contributed by atoms with van der Waals surface area (Å²) >= 11 is 0. The average molecular weight is 613 g/mol. The molecule has 1 fully saturated rings. The number of rotatable bonds is 16. The van der Waals surface area contributed by atoms with Crippen LogP contribution in [0.2, 0.25) is 0 Å². The SMILES string of the molecule is C=CC(=O)OCOc1ccc(C(=O)OCCC2CCC(OC(=O)c3ccc(OC)c(OC)c3)CC2)cc1OCOC(=O)C=C. The summed E-state index contributed by atoms with van der Waals surface area (Å²) in [5.74, 6) is -0.895. The minimum absolute atomic E-state index is 0.0620. The second kappa shape index (κ2) is 17.2. The molecule has 0 saturated heterocycles. The van der Waals surface area contributed by atoms with Gasteiger partial charge in [0.1, 0.15) is 6.10 Å². The number of carbonyl (C=O) groups is 4. The van der Waals surface area contributed by atoms with Gasteiger partial charge in [0.25, 0.3) is 0 Å². The van der Waals surface area contributed by atoms with Crippen molar-refractivity contribution in [2.24, 2.45) is 5.92 Å². The number of esters is 4. The number of ether oxygens (including phenoxy) is 8. The molecule has 2 aromatic carbocycles. The molecule has 0 radical (unpaired) electrons. The Balaban J connectivity index is 1.47. The van der Waals surface area contributed by atoms with Crippen molar-refractivity contribution in [3.63, 3.8) is 0 Å². The van der Waals surface area contributed by atoms with Crippen LogP contribution in [0.5, 0.6) is 23.0 Å². The fraction of sp³-hybridized carbons (Fsp3) is 0.375. The molecule has 0 heterocycles. The Morgan fingerprint density at radius 2 is 1.25 bits per heavy atom. The molecule has 3 rings (SSSR count). The van der Waals surface area contributed by atoms with Gasteiger partial charge in [0.05, 0.1) is 32.0 Å². The topological polar surface area (TPSA) is 142 Å². The summed E-state index contributed by atoms with van der Waals surface area (Å²) in [5, 5.41) is 0. The van der Waals surface area contributed by atoms with E-state index in [1.807, 2.05) is 0 Å². The van der Waals surface area contributed by atoms with Crippen LogP contribution in [0.1, 0.15) is 52.8 Å². The first kappa shape index (κ1) is 33.5. The zero-order valence-electron chi connectivity index (χ0n) is 24.7. The first-order chi connectivity index (χ1) is 21.3. The quantitative estimate of drug-likeness (QED) is 0.111. The summed E-state index contributed by atoms with van der Waals surface area (Å²) in [5.41, 5.74) is 0.565. The molecule has 236 valence electrons. The maximum Gasteiger partial charge on any atom is 0.338 e. The Kier molecular flexibility index (Phi) is 13.1. The number of hydrogen-bond donors (Lipinski definition) is 0. The van der Waals surface area contributed by atoms with Gasteiger partial charge >= 0.3 is 23.9 Å². The van der Waals surface area contributed by atoms with Gasteiger partial charge < -0.3 is 37.9 Å². The molecule has 0 bridgehead atoms. The largest absolute Gasteiger partial charge is 0.493 e. The predicted molar refractivity (Wildman–Crippen MR) is 156 cm³/mol. The van der Waals surface area contributed by atoms with Crippen LogP contribution in [-0.4, -0.2) is 64.4 Å².